The number of ether oxygens (including phenoxy) is 2. The summed E-state index contributed by atoms with van der Waals surface area (Å²) in [4.78, 5) is 5.10. The maximum Gasteiger partial charge on any atom is 0.573 e. The van der Waals surface area contributed by atoms with Crippen LogP contribution >= 0.6 is 0 Å². The molecule has 2 rings (SSSR count). The third-order valence-corrected chi connectivity index (χ3v) is 2.76. The van der Waals surface area contributed by atoms with Gasteiger partial charge in [-0.2, -0.15) is 0 Å². The topological polar surface area (TPSA) is 40.0 Å². The van der Waals surface area contributed by atoms with Crippen LogP contribution in [0.3, 0.4) is 0 Å². The summed E-state index contributed by atoms with van der Waals surface area (Å²) >= 11 is 0. The van der Waals surface area contributed by atoms with E-state index in [1.165, 1.54) is 30.5 Å². The zero-order chi connectivity index (χ0) is 16.7. The van der Waals surface area contributed by atoms with Gasteiger partial charge in [-0.25, -0.2) is 0 Å². The van der Waals surface area contributed by atoms with Gasteiger partial charge in [-0.3, -0.25) is 0 Å². The van der Waals surface area contributed by atoms with Gasteiger partial charge in [0.15, 0.2) is 0 Å². The lowest BCUT2D eigenvalue weighted by atomic mass is 10.2. The van der Waals surface area contributed by atoms with Gasteiger partial charge in [0.25, 0.3) is 0 Å². The monoisotopic (exact) mass is 325 g/mol. The number of halogens is 3. The van der Waals surface area contributed by atoms with E-state index in [1.54, 1.807) is 13.2 Å². The molecule has 0 aromatic heterocycles. The van der Waals surface area contributed by atoms with E-state index < -0.39 is 6.36 Å². The Labute approximate surface area is 131 Å². The van der Waals surface area contributed by atoms with Crippen LogP contribution in [0.4, 0.5) is 13.2 Å². The molecule has 0 N–H and O–H groups in total. The first-order valence-corrected chi connectivity index (χ1v) is 6.60. The second kappa shape index (κ2) is 7.53. The molecule has 0 saturated heterocycles. The number of nitrogens with zero attached hydrogens (tertiary/aromatic N) is 1. The molecule has 2 aromatic carbocycles. The van der Waals surface area contributed by atoms with Crippen LogP contribution in [0.1, 0.15) is 11.1 Å². The summed E-state index contributed by atoms with van der Waals surface area (Å²) in [5.74, 6) is 0.426. The highest BCUT2D eigenvalue weighted by atomic mass is 19.4. The largest absolute Gasteiger partial charge is 0.573 e. The lowest BCUT2D eigenvalue weighted by Gasteiger charge is -2.08. The molecular weight excluding hydrogens is 311 g/mol. The molecule has 0 spiro atoms. The van der Waals surface area contributed by atoms with Crippen LogP contribution in [-0.4, -0.2) is 19.7 Å². The van der Waals surface area contributed by atoms with Crippen LogP contribution < -0.4 is 9.47 Å². The van der Waals surface area contributed by atoms with Crippen LogP contribution in [0.15, 0.2) is 53.7 Å². The number of alkyl halides is 3. The van der Waals surface area contributed by atoms with E-state index in [0.717, 1.165) is 5.56 Å². The van der Waals surface area contributed by atoms with E-state index in [2.05, 4.69) is 9.89 Å². The van der Waals surface area contributed by atoms with Crippen molar-refractivity contribution < 1.29 is 27.5 Å². The Morgan fingerprint density at radius 3 is 2.43 bits per heavy atom. The lowest BCUT2D eigenvalue weighted by molar-refractivity contribution is -0.274. The standard InChI is InChI=1S/C16H14F3NO3/c1-21-15-4-2-3-13(9-15)10-20-22-11-12-5-7-14(8-6-12)23-16(17,18)19/h2-10H,11H2,1H3. The maximum atomic E-state index is 12.0. The van der Waals surface area contributed by atoms with Crippen molar-refractivity contribution in [3.63, 3.8) is 0 Å². The van der Waals surface area contributed by atoms with Crippen LogP contribution in [-0.2, 0) is 11.4 Å². The molecule has 7 heteroatoms. The van der Waals surface area contributed by atoms with Crippen LogP contribution in [0.5, 0.6) is 11.5 Å². The SMILES string of the molecule is COc1cccc(C=NOCc2ccc(OC(F)(F)F)cc2)c1. The highest BCUT2D eigenvalue weighted by Gasteiger charge is 2.30. The number of methoxy groups -OCH3 is 1. The van der Waals surface area contributed by atoms with Crippen molar-refractivity contribution >= 4 is 6.21 Å². The van der Waals surface area contributed by atoms with E-state index in [1.807, 2.05) is 18.2 Å². The molecule has 0 amide bonds. The molecule has 2 aromatic rings. The predicted molar refractivity (Wildman–Crippen MR) is 78.5 cm³/mol. The first-order chi connectivity index (χ1) is 11.0. The highest BCUT2D eigenvalue weighted by molar-refractivity contribution is 5.79. The number of hydrogen-bond donors (Lipinski definition) is 0. The Bertz CT molecular complexity index is 654. The fraction of sp³-hybridized carbons (Fsp3) is 0.188. The lowest BCUT2D eigenvalue weighted by Crippen LogP contribution is -2.17. The fourth-order valence-electron chi connectivity index (χ4n) is 1.72. The number of oxime groups is 1. The van der Waals surface area contributed by atoms with E-state index in [0.29, 0.717) is 11.3 Å². The molecule has 0 radical (unpaired) electrons. The van der Waals surface area contributed by atoms with Gasteiger partial charge in [-0.15, -0.1) is 13.2 Å². The summed E-state index contributed by atoms with van der Waals surface area (Å²) < 4.78 is 45.0. The zero-order valence-corrected chi connectivity index (χ0v) is 12.2. The average molecular weight is 325 g/mol. The van der Waals surface area contributed by atoms with Crippen molar-refractivity contribution in [2.45, 2.75) is 13.0 Å². The van der Waals surface area contributed by atoms with E-state index in [-0.39, 0.29) is 12.4 Å². The summed E-state index contributed by atoms with van der Waals surface area (Å²) in [7, 11) is 1.57. The molecule has 0 unspecified atom stereocenters. The molecule has 0 fully saturated rings. The van der Waals surface area contributed by atoms with Crippen LogP contribution in [0.25, 0.3) is 0 Å². The smallest absolute Gasteiger partial charge is 0.497 e. The normalized spacial score (nSPS) is 11.5. The molecule has 0 saturated carbocycles. The molecule has 23 heavy (non-hydrogen) atoms. The van der Waals surface area contributed by atoms with Gasteiger partial charge in [0, 0.05) is 0 Å². The minimum Gasteiger partial charge on any atom is -0.497 e. The van der Waals surface area contributed by atoms with Crippen molar-refractivity contribution in [2.75, 3.05) is 7.11 Å². The molecule has 0 aliphatic rings. The molecule has 0 atom stereocenters. The minimum atomic E-state index is -4.70. The molecule has 0 bridgehead atoms. The molecule has 0 heterocycles. The van der Waals surface area contributed by atoms with Crippen molar-refractivity contribution in [2.24, 2.45) is 5.16 Å². The van der Waals surface area contributed by atoms with Crippen molar-refractivity contribution in [3.05, 3.63) is 59.7 Å². The second-order valence-corrected chi connectivity index (χ2v) is 4.48. The Balaban J connectivity index is 1.85. The number of benzene rings is 2. The predicted octanol–water partition coefficient (Wildman–Crippen LogP) is 4.14. The van der Waals surface area contributed by atoms with Crippen LogP contribution in [0.2, 0.25) is 0 Å². The number of rotatable bonds is 6. The highest BCUT2D eigenvalue weighted by Crippen LogP contribution is 2.22. The summed E-state index contributed by atoms with van der Waals surface area (Å²) in [6.45, 7) is 0.132. The minimum absolute atomic E-state index is 0.132. The molecule has 0 aliphatic heterocycles. The van der Waals surface area contributed by atoms with Crippen molar-refractivity contribution in [1.82, 2.24) is 0 Å². The van der Waals surface area contributed by atoms with E-state index >= 15 is 0 Å². The van der Waals surface area contributed by atoms with E-state index in [9.17, 15) is 13.2 Å². The van der Waals surface area contributed by atoms with Crippen molar-refractivity contribution in [1.29, 1.82) is 0 Å². The molecular formula is C16H14F3NO3. The Hall–Kier alpha value is -2.70. The Kier molecular flexibility index (Phi) is 5.46. The summed E-state index contributed by atoms with van der Waals surface area (Å²) in [5, 5.41) is 3.80. The van der Waals surface area contributed by atoms with Gasteiger partial charge >= 0.3 is 6.36 Å². The second-order valence-electron chi connectivity index (χ2n) is 4.48. The van der Waals surface area contributed by atoms with E-state index in [4.69, 9.17) is 9.57 Å². The Morgan fingerprint density at radius 1 is 1.04 bits per heavy atom. The quantitative estimate of drug-likeness (QED) is 0.592. The van der Waals surface area contributed by atoms with Gasteiger partial charge < -0.3 is 14.3 Å². The average Bonchev–Trinajstić information content (AvgIpc) is 2.52. The fourth-order valence-corrected chi connectivity index (χ4v) is 1.72. The zero-order valence-electron chi connectivity index (χ0n) is 12.2. The Morgan fingerprint density at radius 2 is 1.78 bits per heavy atom. The molecule has 122 valence electrons. The first kappa shape index (κ1) is 16.7. The van der Waals surface area contributed by atoms with Gasteiger partial charge in [-0.05, 0) is 35.4 Å². The first-order valence-electron chi connectivity index (χ1n) is 6.60. The van der Waals surface area contributed by atoms with Crippen molar-refractivity contribution in [3.8, 4) is 11.5 Å². The summed E-state index contributed by atoms with van der Waals surface area (Å²) in [6.07, 6.45) is -3.18. The van der Waals surface area contributed by atoms with Gasteiger partial charge in [-0.1, -0.05) is 29.4 Å². The molecule has 4 nitrogen and oxygen atoms in total. The van der Waals surface area contributed by atoms with Gasteiger partial charge in [0.05, 0.1) is 13.3 Å². The third kappa shape index (κ3) is 5.90. The molecule has 0 aliphatic carbocycles. The third-order valence-electron chi connectivity index (χ3n) is 2.76. The van der Waals surface area contributed by atoms with Crippen LogP contribution in [0, 0.1) is 0 Å². The summed E-state index contributed by atoms with van der Waals surface area (Å²) in [6, 6.07) is 12.6. The number of hydrogen-bond acceptors (Lipinski definition) is 4. The maximum absolute atomic E-state index is 12.0. The summed E-state index contributed by atoms with van der Waals surface area (Å²) in [5.41, 5.74) is 1.47. The van der Waals surface area contributed by atoms with Gasteiger partial charge in [0.2, 0.25) is 0 Å². The van der Waals surface area contributed by atoms with Gasteiger partial charge in [0.1, 0.15) is 18.1 Å².